The van der Waals surface area contributed by atoms with Gasteiger partial charge in [-0.05, 0) is 56.5 Å². The summed E-state index contributed by atoms with van der Waals surface area (Å²) in [5.74, 6) is 0.807. The number of carbonyl (C=O) groups excluding carboxylic acids is 1. The van der Waals surface area contributed by atoms with Gasteiger partial charge in [-0.3, -0.25) is 14.5 Å². The smallest absolute Gasteiger partial charge is 0.254 e. The fourth-order valence-corrected chi connectivity index (χ4v) is 4.48. The molecule has 1 amide bonds. The highest BCUT2D eigenvalue weighted by Crippen LogP contribution is 2.24. The van der Waals surface area contributed by atoms with Crippen molar-refractivity contribution in [1.29, 1.82) is 0 Å². The Hall–Kier alpha value is -3.38. The molecule has 0 atom stereocenters. The molecule has 0 N–H and O–H groups in total. The van der Waals surface area contributed by atoms with E-state index in [1.54, 1.807) is 12.1 Å². The van der Waals surface area contributed by atoms with Crippen molar-refractivity contribution in [1.82, 2.24) is 9.80 Å². The van der Waals surface area contributed by atoms with Crippen LogP contribution in [0.25, 0.3) is 0 Å². The van der Waals surface area contributed by atoms with Crippen molar-refractivity contribution in [3.63, 3.8) is 0 Å². The lowest BCUT2D eigenvalue weighted by Gasteiger charge is -2.30. The molecule has 0 fully saturated rings. The third kappa shape index (κ3) is 5.39. The second-order valence-electron chi connectivity index (χ2n) is 9.37. The second kappa shape index (κ2) is 10.3. The first kappa shape index (κ1) is 23.8. The predicted octanol–water partition coefficient (Wildman–Crippen LogP) is 4.99. The van der Waals surface area contributed by atoms with Gasteiger partial charge in [0, 0.05) is 36.8 Å². The number of nitrogens with zero attached hydrogens (tertiary/aromatic N) is 2. The molecule has 0 spiro atoms. The average Bonchev–Trinajstić information content (AvgIpc) is 3.20. The number of ether oxygens (including phenoxy) is 1. The Kier molecular flexibility index (Phi) is 7.17. The summed E-state index contributed by atoms with van der Waals surface area (Å²) in [6.07, 6.45) is 1.39. The van der Waals surface area contributed by atoms with Crippen LogP contribution in [0.5, 0.6) is 5.75 Å². The lowest BCUT2D eigenvalue weighted by molar-refractivity contribution is 0.0643. The third-order valence-electron chi connectivity index (χ3n) is 6.08. The van der Waals surface area contributed by atoms with E-state index in [0.717, 1.165) is 18.7 Å². The van der Waals surface area contributed by atoms with Gasteiger partial charge in [0.15, 0.2) is 0 Å². The lowest BCUT2D eigenvalue weighted by atomic mass is 10.1. The monoisotopic (exact) mass is 460 g/mol. The number of benzene rings is 2. The van der Waals surface area contributed by atoms with Gasteiger partial charge in [0.25, 0.3) is 5.91 Å². The van der Waals surface area contributed by atoms with Crippen LogP contribution in [0.4, 0.5) is 0 Å². The molecule has 0 saturated carbocycles. The molecule has 0 saturated heterocycles. The molecule has 6 heteroatoms. The van der Waals surface area contributed by atoms with Crippen LogP contribution in [0.15, 0.2) is 70.1 Å². The minimum absolute atomic E-state index is 0.00907. The summed E-state index contributed by atoms with van der Waals surface area (Å²) in [4.78, 5) is 29.5. The minimum atomic E-state index is -0.200. The molecule has 1 aromatic heterocycles. The highest BCUT2D eigenvalue weighted by molar-refractivity contribution is 5.94. The van der Waals surface area contributed by atoms with Crippen molar-refractivity contribution >= 4 is 5.91 Å². The van der Waals surface area contributed by atoms with Gasteiger partial charge in [-0.25, -0.2) is 0 Å². The first-order valence-corrected chi connectivity index (χ1v) is 11.8. The summed E-state index contributed by atoms with van der Waals surface area (Å²) in [6, 6.07) is 17.4. The Morgan fingerprint density at radius 1 is 1.00 bits per heavy atom. The molecule has 1 aliphatic heterocycles. The maximum absolute atomic E-state index is 12.8. The molecular formula is C28H32N2O4. The quantitative estimate of drug-likeness (QED) is 0.474. The highest BCUT2D eigenvalue weighted by atomic mass is 16.5. The van der Waals surface area contributed by atoms with Crippen molar-refractivity contribution in [3.8, 4) is 5.75 Å². The number of rotatable bonds is 8. The summed E-state index contributed by atoms with van der Waals surface area (Å²) < 4.78 is 11.4. The maximum atomic E-state index is 12.8. The summed E-state index contributed by atoms with van der Waals surface area (Å²) >= 11 is 0. The normalized spacial score (nSPS) is 13.4. The van der Waals surface area contributed by atoms with Gasteiger partial charge >= 0.3 is 0 Å². The number of carbonyl (C=O) groups is 1. The Morgan fingerprint density at radius 3 is 2.18 bits per heavy atom. The topological polar surface area (TPSA) is 63.0 Å². The van der Waals surface area contributed by atoms with E-state index in [4.69, 9.17) is 9.15 Å². The van der Waals surface area contributed by atoms with E-state index in [1.165, 1.54) is 23.5 Å². The van der Waals surface area contributed by atoms with Crippen LogP contribution in [0, 0.1) is 0 Å². The predicted molar refractivity (Wildman–Crippen MR) is 132 cm³/mol. The van der Waals surface area contributed by atoms with Crippen LogP contribution in [0.2, 0.25) is 0 Å². The van der Waals surface area contributed by atoms with E-state index in [1.807, 2.05) is 56.9 Å². The molecule has 0 bridgehead atoms. The Morgan fingerprint density at radius 2 is 1.62 bits per heavy atom. The average molecular weight is 461 g/mol. The molecule has 2 heterocycles. The summed E-state index contributed by atoms with van der Waals surface area (Å²) in [5, 5.41) is 0. The SMILES string of the molecule is CC(C)N(C(=O)c1ccc(COc2coc(CN3Cc4ccccc4C3)cc2=O)cc1)C(C)C. The molecule has 4 rings (SSSR count). The molecular weight excluding hydrogens is 428 g/mol. The van der Waals surface area contributed by atoms with E-state index in [2.05, 4.69) is 17.0 Å². The summed E-state index contributed by atoms with van der Waals surface area (Å²) in [6.45, 7) is 10.6. The first-order chi connectivity index (χ1) is 16.3. The van der Waals surface area contributed by atoms with Crippen LogP contribution in [-0.4, -0.2) is 27.8 Å². The molecule has 178 valence electrons. The van der Waals surface area contributed by atoms with E-state index in [9.17, 15) is 9.59 Å². The van der Waals surface area contributed by atoms with Gasteiger partial charge in [0.2, 0.25) is 11.2 Å². The molecule has 0 aliphatic carbocycles. The van der Waals surface area contributed by atoms with Crippen molar-refractivity contribution in [3.05, 3.63) is 99.1 Å². The molecule has 34 heavy (non-hydrogen) atoms. The first-order valence-electron chi connectivity index (χ1n) is 11.8. The Labute approximate surface area is 200 Å². The van der Waals surface area contributed by atoms with E-state index < -0.39 is 0 Å². The van der Waals surface area contributed by atoms with E-state index >= 15 is 0 Å². The van der Waals surface area contributed by atoms with Crippen molar-refractivity contribution in [2.75, 3.05) is 0 Å². The largest absolute Gasteiger partial charge is 0.482 e. The number of hydrogen-bond donors (Lipinski definition) is 0. The van der Waals surface area contributed by atoms with Crippen molar-refractivity contribution < 1.29 is 13.9 Å². The molecule has 1 aliphatic rings. The molecule has 2 aromatic carbocycles. The summed E-state index contributed by atoms with van der Waals surface area (Å²) in [5.41, 5.74) is 3.95. The fourth-order valence-electron chi connectivity index (χ4n) is 4.48. The van der Waals surface area contributed by atoms with Crippen LogP contribution in [-0.2, 0) is 26.2 Å². The second-order valence-corrected chi connectivity index (χ2v) is 9.37. The van der Waals surface area contributed by atoms with E-state index in [-0.39, 0.29) is 35.8 Å². The maximum Gasteiger partial charge on any atom is 0.254 e. The minimum Gasteiger partial charge on any atom is -0.482 e. The van der Waals surface area contributed by atoms with Crippen molar-refractivity contribution in [2.45, 2.75) is 66.0 Å². The Balaban J connectivity index is 1.34. The summed E-state index contributed by atoms with van der Waals surface area (Å²) in [7, 11) is 0. The van der Waals surface area contributed by atoms with Gasteiger partial charge < -0.3 is 14.1 Å². The zero-order valence-corrected chi connectivity index (χ0v) is 20.3. The zero-order valence-electron chi connectivity index (χ0n) is 20.3. The van der Waals surface area contributed by atoms with Crippen LogP contribution in [0.1, 0.15) is 60.5 Å². The molecule has 0 unspecified atom stereocenters. The number of fused-ring (bicyclic) bond motifs is 1. The molecule has 0 radical (unpaired) electrons. The lowest BCUT2D eigenvalue weighted by Crippen LogP contribution is -2.42. The fraction of sp³-hybridized carbons (Fsp3) is 0.357. The van der Waals surface area contributed by atoms with Crippen LogP contribution >= 0.6 is 0 Å². The number of hydrogen-bond acceptors (Lipinski definition) is 5. The van der Waals surface area contributed by atoms with Crippen LogP contribution < -0.4 is 10.2 Å². The molecule has 3 aromatic rings. The van der Waals surface area contributed by atoms with Gasteiger partial charge in [0.1, 0.15) is 18.6 Å². The van der Waals surface area contributed by atoms with Crippen molar-refractivity contribution in [2.24, 2.45) is 0 Å². The Bertz CT molecular complexity index is 1160. The third-order valence-corrected chi connectivity index (χ3v) is 6.08. The van der Waals surface area contributed by atoms with Gasteiger partial charge in [-0.15, -0.1) is 0 Å². The van der Waals surface area contributed by atoms with Gasteiger partial charge in [-0.2, -0.15) is 0 Å². The van der Waals surface area contributed by atoms with E-state index in [0.29, 0.717) is 17.9 Å². The zero-order chi connectivity index (χ0) is 24.2. The van der Waals surface area contributed by atoms with Crippen LogP contribution in [0.3, 0.4) is 0 Å². The van der Waals surface area contributed by atoms with Gasteiger partial charge in [-0.1, -0.05) is 36.4 Å². The highest BCUT2D eigenvalue weighted by Gasteiger charge is 2.22. The number of amides is 1. The standard InChI is InChI=1S/C28H32N2O4/c1-19(2)30(20(3)4)28(32)22-11-9-21(10-12-22)17-34-27-18-33-25(13-26(27)31)16-29-14-23-7-5-6-8-24(23)15-29/h5-13,18-20H,14-17H2,1-4H3. The molecule has 6 nitrogen and oxygen atoms in total. The van der Waals surface area contributed by atoms with Gasteiger partial charge in [0.05, 0.1) is 6.54 Å².